The Labute approximate surface area is 181 Å². The molecule has 3 N–H and O–H groups in total. The van der Waals surface area contributed by atoms with Gasteiger partial charge in [-0.2, -0.15) is 0 Å². The highest BCUT2D eigenvalue weighted by atomic mass is 35.5. The van der Waals surface area contributed by atoms with Crippen molar-refractivity contribution in [1.29, 1.82) is 0 Å². The van der Waals surface area contributed by atoms with Gasteiger partial charge in [0.05, 0.1) is 36.1 Å². The molecule has 9 heteroatoms. The summed E-state index contributed by atoms with van der Waals surface area (Å²) in [6.45, 7) is 2.73. The number of halogens is 2. The van der Waals surface area contributed by atoms with Crippen LogP contribution in [-0.4, -0.2) is 55.4 Å². The molecule has 29 heavy (non-hydrogen) atoms. The summed E-state index contributed by atoms with van der Waals surface area (Å²) < 4.78 is 5.39. The second-order valence-electron chi connectivity index (χ2n) is 6.86. The number of amides is 2. The van der Waals surface area contributed by atoms with E-state index < -0.39 is 0 Å². The summed E-state index contributed by atoms with van der Waals surface area (Å²) in [7, 11) is 0. The summed E-state index contributed by atoms with van der Waals surface area (Å²) in [5.41, 5.74) is 6.61. The molecule has 1 saturated heterocycles. The topological polar surface area (TPSA) is 97.0 Å². The third kappa shape index (κ3) is 9.02. The van der Waals surface area contributed by atoms with Gasteiger partial charge in [-0.1, -0.05) is 23.2 Å². The molecular formula is C20H28Cl2N4O3. The van der Waals surface area contributed by atoms with Crippen LogP contribution in [0.4, 0.5) is 5.69 Å². The molecule has 1 fully saturated rings. The Morgan fingerprint density at radius 1 is 1.07 bits per heavy atom. The Balaban J connectivity index is 1.56. The van der Waals surface area contributed by atoms with Gasteiger partial charge in [0.25, 0.3) is 0 Å². The predicted octanol–water partition coefficient (Wildman–Crippen LogP) is 3.49. The van der Waals surface area contributed by atoms with E-state index in [-0.39, 0.29) is 30.7 Å². The summed E-state index contributed by atoms with van der Waals surface area (Å²) in [5, 5.41) is 4.09. The van der Waals surface area contributed by atoms with Gasteiger partial charge in [0.2, 0.25) is 11.8 Å². The molecule has 2 rings (SSSR count). The molecule has 1 aliphatic heterocycles. The Hall–Kier alpha value is -1.83. The number of hydrogen-bond acceptors (Lipinski definition) is 4. The standard InChI is InChI=1S/C20H28Cl2N4O3/c21-16-5-4-15(14-17(16)22)24-9-6-18(23)25-19(27)7-12-29-13-8-20(28)26-10-2-1-3-11-26/h4-5,14,24H,1-3,6-13H2,(H2,23,25,27). The maximum atomic E-state index is 12.0. The number of benzene rings is 1. The van der Waals surface area contributed by atoms with Gasteiger partial charge in [0, 0.05) is 31.7 Å². The van der Waals surface area contributed by atoms with E-state index in [1.807, 2.05) is 4.90 Å². The first-order valence-corrected chi connectivity index (χ1v) is 10.6. The minimum atomic E-state index is -0.334. The smallest absolute Gasteiger partial charge is 0.249 e. The SMILES string of the molecule is NC(CCNc1ccc(Cl)c(Cl)c1)=NC(=O)CCOCCC(=O)N1CCCCC1. The lowest BCUT2D eigenvalue weighted by molar-refractivity contribution is -0.133. The molecule has 0 unspecified atom stereocenters. The molecular weight excluding hydrogens is 415 g/mol. The van der Waals surface area contributed by atoms with Crippen molar-refractivity contribution in [1.82, 2.24) is 4.90 Å². The van der Waals surface area contributed by atoms with E-state index in [0.717, 1.165) is 31.6 Å². The summed E-state index contributed by atoms with van der Waals surface area (Å²) in [4.78, 5) is 29.6. The first-order valence-electron chi connectivity index (χ1n) is 9.86. The first-order chi connectivity index (χ1) is 14.0. The van der Waals surface area contributed by atoms with Gasteiger partial charge in [-0.15, -0.1) is 0 Å². The molecule has 2 amide bonds. The first kappa shape index (κ1) is 23.4. The number of nitrogens with one attached hydrogen (secondary N) is 1. The number of hydrogen-bond donors (Lipinski definition) is 2. The maximum Gasteiger partial charge on any atom is 0.249 e. The molecule has 160 valence electrons. The lowest BCUT2D eigenvalue weighted by atomic mass is 10.1. The molecule has 1 aromatic rings. The minimum Gasteiger partial charge on any atom is -0.387 e. The lowest BCUT2D eigenvalue weighted by Gasteiger charge is -2.26. The van der Waals surface area contributed by atoms with E-state index in [1.165, 1.54) is 6.42 Å². The third-order valence-electron chi connectivity index (χ3n) is 4.53. The summed E-state index contributed by atoms with van der Waals surface area (Å²) >= 11 is 11.8. The second-order valence-corrected chi connectivity index (χ2v) is 7.67. The number of carbonyl (C=O) groups is 2. The zero-order chi connectivity index (χ0) is 21.1. The Kier molecular flexibility index (Phi) is 10.2. The van der Waals surface area contributed by atoms with Gasteiger partial charge >= 0.3 is 0 Å². The average molecular weight is 443 g/mol. The predicted molar refractivity (Wildman–Crippen MR) is 117 cm³/mol. The monoisotopic (exact) mass is 442 g/mol. The molecule has 0 aliphatic carbocycles. The number of nitrogens with zero attached hydrogens (tertiary/aromatic N) is 2. The number of ether oxygens (including phenoxy) is 1. The van der Waals surface area contributed by atoms with E-state index >= 15 is 0 Å². The van der Waals surface area contributed by atoms with Crippen LogP contribution in [0.3, 0.4) is 0 Å². The number of likely N-dealkylation sites (tertiary alicyclic amines) is 1. The van der Waals surface area contributed by atoms with Gasteiger partial charge in [-0.3, -0.25) is 9.59 Å². The van der Waals surface area contributed by atoms with E-state index in [0.29, 0.717) is 36.0 Å². The van der Waals surface area contributed by atoms with Crippen LogP contribution in [0.25, 0.3) is 0 Å². The molecule has 0 bridgehead atoms. The number of rotatable bonds is 10. The van der Waals surface area contributed by atoms with Crippen LogP contribution in [0, 0.1) is 0 Å². The molecule has 1 aromatic carbocycles. The molecule has 1 heterocycles. The Morgan fingerprint density at radius 3 is 2.52 bits per heavy atom. The van der Waals surface area contributed by atoms with Crippen molar-refractivity contribution >= 4 is 46.5 Å². The highest BCUT2D eigenvalue weighted by Crippen LogP contribution is 2.24. The number of amidine groups is 1. The molecule has 0 radical (unpaired) electrons. The van der Waals surface area contributed by atoms with Crippen molar-refractivity contribution in [3.05, 3.63) is 28.2 Å². The number of anilines is 1. The van der Waals surface area contributed by atoms with Crippen LogP contribution >= 0.6 is 23.2 Å². The van der Waals surface area contributed by atoms with Crippen LogP contribution in [0.15, 0.2) is 23.2 Å². The number of aliphatic imine (C=N–C) groups is 1. The van der Waals surface area contributed by atoms with E-state index in [4.69, 9.17) is 33.7 Å². The van der Waals surface area contributed by atoms with Gasteiger partial charge in [-0.25, -0.2) is 4.99 Å². The summed E-state index contributed by atoms with van der Waals surface area (Å²) in [6, 6.07) is 5.23. The summed E-state index contributed by atoms with van der Waals surface area (Å²) in [5.74, 6) is 0.0370. The zero-order valence-corrected chi connectivity index (χ0v) is 18.0. The lowest BCUT2D eigenvalue weighted by Crippen LogP contribution is -2.36. The average Bonchev–Trinajstić information content (AvgIpc) is 2.71. The van der Waals surface area contributed by atoms with E-state index in [1.54, 1.807) is 18.2 Å². The molecule has 7 nitrogen and oxygen atoms in total. The normalized spacial score (nSPS) is 14.7. The fraction of sp³-hybridized carbons (Fsp3) is 0.550. The number of carbonyl (C=O) groups excluding carboxylic acids is 2. The van der Waals surface area contributed by atoms with Crippen LogP contribution in [0.1, 0.15) is 38.5 Å². The quantitative estimate of drug-likeness (QED) is 0.328. The molecule has 0 spiro atoms. The van der Waals surface area contributed by atoms with Crippen molar-refractivity contribution < 1.29 is 14.3 Å². The van der Waals surface area contributed by atoms with Gasteiger partial charge < -0.3 is 20.7 Å². The molecule has 0 atom stereocenters. The fourth-order valence-electron chi connectivity index (χ4n) is 2.94. The van der Waals surface area contributed by atoms with Crippen LogP contribution < -0.4 is 11.1 Å². The van der Waals surface area contributed by atoms with Gasteiger partial charge in [0.15, 0.2) is 0 Å². The molecule has 0 saturated carbocycles. The Bertz CT molecular complexity index is 722. The van der Waals surface area contributed by atoms with E-state index in [9.17, 15) is 9.59 Å². The fourth-order valence-corrected chi connectivity index (χ4v) is 3.23. The van der Waals surface area contributed by atoms with Crippen LogP contribution in [-0.2, 0) is 14.3 Å². The zero-order valence-electron chi connectivity index (χ0n) is 16.5. The van der Waals surface area contributed by atoms with Crippen LogP contribution in [0.5, 0.6) is 0 Å². The number of nitrogens with two attached hydrogens (primary N) is 1. The van der Waals surface area contributed by atoms with Crippen molar-refractivity contribution in [3.8, 4) is 0 Å². The second kappa shape index (κ2) is 12.7. The van der Waals surface area contributed by atoms with Crippen LogP contribution in [0.2, 0.25) is 10.0 Å². The highest BCUT2D eigenvalue weighted by molar-refractivity contribution is 6.42. The third-order valence-corrected chi connectivity index (χ3v) is 5.27. The van der Waals surface area contributed by atoms with Gasteiger partial charge in [-0.05, 0) is 37.5 Å². The maximum absolute atomic E-state index is 12.0. The number of piperidine rings is 1. The molecule has 1 aliphatic rings. The molecule has 0 aromatic heterocycles. The van der Waals surface area contributed by atoms with Crippen molar-refractivity contribution in [3.63, 3.8) is 0 Å². The Morgan fingerprint density at radius 2 is 1.79 bits per heavy atom. The summed E-state index contributed by atoms with van der Waals surface area (Å²) in [6.07, 6.45) is 4.24. The minimum absolute atomic E-state index is 0.118. The highest BCUT2D eigenvalue weighted by Gasteiger charge is 2.15. The van der Waals surface area contributed by atoms with Gasteiger partial charge in [0.1, 0.15) is 5.84 Å². The largest absolute Gasteiger partial charge is 0.387 e. The van der Waals surface area contributed by atoms with Crippen molar-refractivity contribution in [2.75, 3.05) is 38.2 Å². The van der Waals surface area contributed by atoms with Crippen molar-refractivity contribution in [2.24, 2.45) is 10.7 Å². The van der Waals surface area contributed by atoms with E-state index in [2.05, 4.69) is 10.3 Å². The van der Waals surface area contributed by atoms with Crippen molar-refractivity contribution in [2.45, 2.75) is 38.5 Å².